The van der Waals surface area contributed by atoms with E-state index >= 15 is 0 Å². The average Bonchev–Trinajstić information content (AvgIpc) is 2.43. The molecule has 0 aliphatic carbocycles. The van der Waals surface area contributed by atoms with Crippen LogP contribution in [0.2, 0.25) is 0 Å². The first-order valence-electron chi connectivity index (χ1n) is 6.87. The van der Waals surface area contributed by atoms with Crippen LogP contribution in [0, 0.1) is 0 Å². The van der Waals surface area contributed by atoms with E-state index in [4.69, 9.17) is 0 Å². The maximum Gasteiger partial charge on any atom is 0.317 e. The Morgan fingerprint density at radius 1 is 1.35 bits per heavy atom. The van der Waals surface area contributed by atoms with Crippen molar-refractivity contribution in [2.75, 3.05) is 20.1 Å². The predicted octanol–water partition coefficient (Wildman–Crippen LogP) is 2.58. The summed E-state index contributed by atoms with van der Waals surface area (Å²) in [7, 11) is 1.74. The molecule has 0 bridgehead atoms. The zero-order chi connectivity index (χ0) is 15.0. The van der Waals surface area contributed by atoms with Crippen molar-refractivity contribution in [1.82, 2.24) is 10.2 Å². The topological polar surface area (TPSA) is 52.6 Å². The van der Waals surface area contributed by atoms with Crippen molar-refractivity contribution in [3.05, 3.63) is 30.3 Å². The molecular weight excluding hydrogens is 272 g/mol. The largest absolute Gasteiger partial charge is 0.393 e. The highest BCUT2D eigenvalue weighted by Crippen LogP contribution is 2.21. The normalized spacial score (nSPS) is 13.6. The Labute approximate surface area is 125 Å². The van der Waals surface area contributed by atoms with Crippen LogP contribution in [-0.4, -0.2) is 47.5 Å². The highest BCUT2D eigenvalue weighted by Gasteiger charge is 2.11. The van der Waals surface area contributed by atoms with Gasteiger partial charge in [0, 0.05) is 30.3 Å². The molecule has 4 nitrogen and oxygen atoms in total. The number of nitrogens with one attached hydrogen (secondary N) is 1. The van der Waals surface area contributed by atoms with E-state index in [0.717, 1.165) is 0 Å². The SMILES string of the molecule is CC(O)CCN(C)C(=O)NCC(C)Sc1ccccc1. The molecule has 0 aliphatic rings. The second-order valence-electron chi connectivity index (χ2n) is 4.99. The molecule has 20 heavy (non-hydrogen) atoms. The molecular formula is C15H24N2O2S. The number of carbonyl (C=O) groups excluding carboxylic acids is 1. The number of hydrogen-bond donors (Lipinski definition) is 2. The molecule has 2 atom stereocenters. The number of thioether (sulfide) groups is 1. The Morgan fingerprint density at radius 3 is 2.60 bits per heavy atom. The Bertz CT molecular complexity index is 398. The highest BCUT2D eigenvalue weighted by molar-refractivity contribution is 8.00. The van der Waals surface area contributed by atoms with E-state index in [2.05, 4.69) is 24.4 Å². The summed E-state index contributed by atoms with van der Waals surface area (Å²) in [5.74, 6) is 0. The van der Waals surface area contributed by atoms with Crippen molar-refractivity contribution < 1.29 is 9.90 Å². The van der Waals surface area contributed by atoms with Crippen LogP contribution >= 0.6 is 11.8 Å². The summed E-state index contributed by atoms with van der Waals surface area (Å²) in [5, 5.41) is 12.4. The number of nitrogens with zero attached hydrogens (tertiary/aromatic N) is 1. The van der Waals surface area contributed by atoms with Gasteiger partial charge in [-0.3, -0.25) is 0 Å². The van der Waals surface area contributed by atoms with Gasteiger partial charge in [0.05, 0.1) is 6.10 Å². The van der Waals surface area contributed by atoms with E-state index in [9.17, 15) is 9.90 Å². The first kappa shape index (κ1) is 16.9. The minimum Gasteiger partial charge on any atom is -0.393 e. The van der Waals surface area contributed by atoms with Gasteiger partial charge in [0.15, 0.2) is 0 Å². The Kier molecular flexibility index (Phi) is 7.47. The van der Waals surface area contributed by atoms with E-state index in [-0.39, 0.29) is 12.1 Å². The van der Waals surface area contributed by atoms with Crippen molar-refractivity contribution in [1.29, 1.82) is 0 Å². The lowest BCUT2D eigenvalue weighted by molar-refractivity contribution is 0.163. The lowest BCUT2D eigenvalue weighted by Gasteiger charge is -2.20. The molecule has 1 aromatic carbocycles. The van der Waals surface area contributed by atoms with Gasteiger partial charge in [-0.1, -0.05) is 25.1 Å². The molecule has 0 radical (unpaired) electrons. The summed E-state index contributed by atoms with van der Waals surface area (Å²) < 4.78 is 0. The maximum absolute atomic E-state index is 11.8. The standard InChI is InChI=1S/C15H24N2O2S/c1-12(18)9-10-17(3)15(19)16-11-13(2)20-14-7-5-4-6-8-14/h4-8,12-13,18H,9-11H2,1-3H3,(H,16,19). The molecule has 0 aliphatic heterocycles. The summed E-state index contributed by atoms with van der Waals surface area (Å²) in [5.41, 5.74) is 0. The van der Waals surface area contributed by atoms with Crippen LogP contribution in [0.5, 0.6) is 0 Å². The van der Waals surface area contributed by atoms with Gasteiger partial charge in [0.2, 0.25) is 0 Å². The third kappa shape index (κ3) is 6.82. The van der Waals surface area contributed by atoms with Crippen LogP contribution in [0.3, 0.4) is 0 Å². The second-order valence-corrected chi connectivity index (χ2v) is 6.50. The summed E-state index contributed by atoms with van der Waals surface area (Å²) >= 11 is 1.74. The van der Waals surface area contributed by atoms with Gasteiger partial charge in [-0.25, -0.2) is 4.79 Å². The van der Waals surface area contributed by atoms with Gasteiger partial charge in [0.1, 0.15) is 0 Å². The van der Waals surface area contributed by atoms with Crippen molar-refractivity contribution in [2.24, 2.45) is 0 Å². The molecule has 2 N–H and O–H groups in total. The van der Waals surface area contributed by atoms with Crippen LogP contribution in [-0.2, 0) is 0 Å². The predicted molar refractivity (Wildman–Crippen MR) is 84.1 cm³/mol. The molecule has 0 saturated heterocycles. The van der Waals surface area contributed by atoms with Crippen LogP contribution in [0.15, 0.2) is 35.2 Å². The lowest BCUT2D eigenvalue weighted by Crippen LogP contribution is -2.40. The van der Waals surface area contributed by atoms with E-state index in [0.29, 0.717) is 24.8 Å². The summed E-state index contributed by atoms with van der Waals surface area (Å²) in [6.45, 7) is 5.00. The molecule has 0 aromatic heterocycles. The van der Waals surface area contributed by atoms with Crippen molar-refractivity contribution in [3.63, 3.8) is 0 Å². The maximum atomic E-state index is 11.8. The lowest BCUT2D eigenvalue weighted by atomic mass is 10.3. The Balaban J connectivity index is 2.26. The van der Waals surface area contributed by atoms with Gasteiger partial charge >= 0.3 is 6.03 Å². The number of aliphatic hydroxyl groups is 1. The number of aliphatic hydroxyl groups excluding tert-OH is 1. The molecule has 0 saturated carbocycles. The molecule has 0 spiro atoms. The molecule has 0 heterocycles. The quantitative estimate of drug-likeness (QED) is 0.760. The second kappa shape index (κ2) is 8.87. The summed E-state index contributed by atoms with van der Waals surface area (Å²) in [6.07, 6.45) is 0.218. The summed E-state index contributed by atoms with van der Waals surface area (Å²) in [4.78, 5) is 14.6. The van der Waals surface area contributed by atoms with E-state index in [1.165, 1.54) is 4.90 Å². The smallest absolute Gasteiger partial charge is 0.317 e. The molecule has 0 fully saturated rings. The fourth-order valence-corrected chi connectivity index (χ4v) is 2.57. The van der Waals surface area contributed by atoms with Gasteiger partial charge < -0.3 is 15.3 Å². The number of amides is 2. The third-order valence-electron chi connectivity index (χ3n) is 2.85. The monoisotopic (exact) mass is 296 g/mol. The number of rotatable bonds is 7. The van der Waals surface area contributed by atoms with E-state index in [1.807, 2.05) is 18.2 Å². The van der Waals surface area contributed by atoms with E-state index < -0.39 is 0 Å². The molecule has 2 amide bonds. The fourth-order valence-electron chi connectivity index (χ4n) is 1.62. The number of benzene rings is 1. The zero-order valence-electron chi connectivity index (χ0n) is 12.4. The zero-order valence-corrected chi connectivity index (χ0v) is 13.2. The number of urea groups is 1. The minimum absolute atomic E-state index is 0.0915. The average molecular weight is 296 g/mol. The first-order chi connectivity index (χ1) is 9.49. The van der Waals surface area contributed by atoms with Crippen LogP contribution < -0.4 is 5.32 Å². The van der Waals surface area contributed by atoms with Gasteiger partial charge in [0.25, 0.3) is 0 Å². The van der Waals surface area contributed by atoms with Crippen molar-refractivity contribution >= 4 is 17.8 Å². The summed E-state index contributed by atoms with van der Waals surface area (Å²) in [6, 6.07) is 10.1. The highest BCUT2D eigenvalue weighted by atomic mass is 32.2. The van der Waals surface area contributed by atoms with Gasteiger partial charge in [-0.2, -0.15) is 0 Å². The van der Waals surface area contributed by atoms with Crippen LogP contribution in [0.25, 0.3) is 0 Å². The molecule has 1 rings (SSSR count). The van der Waals surface area contributed by atoms with Crippen molar-refractivity contribution in [2.45, 2.75) is 36.5 Å². The minimum atomic E-state index is -0.377. The first-order valence-corrected chi connectivity index (χ1v) is 7.75. The Hall–Kier alpha value is -1.20. The molecule has 5 heteroatoms. The van der Waals surface area contributed by atoms with Gasteiger partial charge in [-0.05, 0) is 25.5 Å². The van der Waals surface area contributed by atoms with Gasteiger partial charge in [-0.15, -0.1) is 11.8 Å². The molecule has 112 valence electrons. The molecule has 2 unspecified atom stereocenters. The fraction of sp³-hybridized carbons (Fsp3) is 0.533. The van der Waals surface area contributed by atoms with Crippen molar-refractivity contribution in [3.8, 4) is 0 Å². The van der Waals surface area contributed by atoms with E-state index in [1.54, 1.807) is 30.6 Å². The third-order valence-corrected chi connectivity index (χ3v) is 3.96. The van der Waals surface area contributed by atoms with Crippen LogP contribution in [0.1, 0.15) is 20.3 Å². The number of carbonyl (C=O) groups is 1. The Morgan fingerprint density at radius 2 is 2.00 bits per heavy atom. The molecule has 1 aromatic rings. The number of hydrogen-bond acceptors (Lipinski definition) is 3. The van der Waals surface area contributed by atoms with Crippen LogP contribution in [0.4, 0.5) is 4.79 Å².